The van der Waals surface area contributed by atoms with E-state index in [2.05, 4.69) is 11.1 Å². The Morgan fingerprint density at radius 2 is 2.00 bits per heavy atom. The second-order valence-electron chi connectivity index (χ2n) is 6.29. The minimum atomic E-state index is -0.0810. The predicted molar refractivity (Wildman–Crippen MR) is 98.2 cm³/mol. The van der Waals surface area contributed by atoms with Gasteiger partial charge >= 0.3 is 0 Å². The number of aromatic nitrogens is 2. The molecule has 1 aliphatic heterocycles. The summed E-state index contributed by atoms with van der Waals surface area (Å²) in [7, 11) is 0. The lowest BCUT2D eigenvalue weighted by molar-refractivity contribution is 0.0989. The van der Waals surface area contributed by atoms with Crippen molar-refractivity contribution in [2.24, 2.45) is 0 Å². The van der Waals surface area contributed by atoms with E-state index in [1.54, 1.807) is 23.6 Å². The van der Waals surface area contributed by atoms with Crippen molar-refractivity contribution in [2.75, 3.05) is 11.4 Å². The normalized spacial score (nSPS) is 13.3. The second-order valence-corrected chi connectivity index (χ2v) is 6.29. The van der Waals surface area contributed by atoms with Crippen LogP contribution in [-0.2, 0) is 13.0 Å². The number of para-hydroxylation sites is 1. The van der Waals surface area contributed by atoms with E-state index in [1.165, 1.54) is 5.56 Å². The van der Waals surface area contributed by atoms with E-state index < -0.39 is 0 Å². The molecule has 0 atom stereocenters. The van der Waals surface area contributed by atoms with Crippen LogP contribution in [0.2, 0.25) is 0 Å². The van der Waals surface area contributed by atoms with E-state index in [0.29, 0.717) is 29.9 Å². The molecule has 2 aromatic carbocycles. The highest BCUT2D eigenvalue weighted by molar-refractivity contribution is 6.08. The summed E-state index contributed by atoms with van der Waals surface area (Å²) >= 11 is 0. The maximum absolute atomic E-state index is 13.0. The summed E-state index contributed by atoms with van der Waals surface area (Å²) in [6.07, 6.45) is 0.877. The monoisotopic (exact) mass is 333 g/mol. The Bertz CT molecular complexity index is 1050. The Morgan fingerprint density at radius 3 is 2.80 bits per heavy atom. The topological polar surface area (TPSA) is 55.2 Å². The minimum absolute atomic E-state index is 0.0273. The standard InChI is InChI=1S/C20H19N3O2/c1-3-22-18-9-8-15(12-16(18)21-13(2)19(22)24)20(25)23-11-10-14-6-4-5-7-17(14)23/h4-9,12H,3,10-11H2,1-2H3. The van der Waals surface area contributed by atoms with Crippen LogP contribution in [0.15, 0.2) is 47.3 Å². The summed E-state index contributed by atoms with van der Waals surface area (Å²) in [6.45, 7) is 4.91. The Morgan fingerprint density at radius 1 is 1.20 bits per heavy atom. The van der Waals surface area contributed by atoms with E-state index in [4.69, 9.17) is 0 Å². The zero-order chi connectivity index (χ0) is 17.6. The third-order valence-corrected chi connectivity index (χ3v) is 4.80. The Hall–Kier alpha value is -2.95. The maximum Gasteiger partial charge on any atom is 0.272 e. The molecule has 0 aliphatic carbocycles. The minimum Gasteiger partial charge on any atom is -0.308 e. The average molecular weight is 333 g/mol. The third-order valence-electron chi connectivity index (χ3n) is 4.80. The molecule has 1 aromatic heterocycles. The van der Waals surface area contributed by atoms with Gasteiger partial charge in [0.2, 0.25) is 0 Å². The lowest BCUT2D eigenvalue weighted by atomic mass is 10.1. The van der Waals surface area contributed by atoms with Crippen LogP contribution in [0.25, 0.3) is 11.0 Å². The van der Waals surface area contributed by atoms with E-state index >= 15 is 0 Å². The Balaban J connectivity index is 1.79. The predicted octanol–water partition coefficient (Wildman–Crippen LogP) is 2.93. The van der Waals surface area contributed by atoms with Crippen LogP contribution in [0, 0.1) is 6.92 Å². The second kappa shape index (κ2) is 5.84. The number of aryl methyl sites for hydroxylation is 2. The van der Waals surface area contributed by atoms with Crippen molar-refractivity contribution in [3.8, 4) is 0 Å². The molecular weight excluding hydrogens is 314 g/mol. The molecular formula is C20H19N3O2. The molecule has 0 bridgehead atoms. The molecule has 0 saturated carbocycles. The smallest absolute Gasteiger partial charge is 0.272 e. The molecule has 0 saturated heterocycles. The van der Waals surface area contributed by atoms with Gasteiger partial charge in [0, 0.05) is 24.3 Å². The summed E-state index contributed by atoms with van der Waals surface area (Å²) in [6, 6.07) is 13.4. The average Bonchev–Trinajstić information content (AvgIpc) is 3.06. The number of fused-ring (bicyclic) bond motifs is 2. The van der Waals surface area contributed by atoms with Crippen LogP contribution in [0.1, 0.15) is 28.5 Å². The number of benzene rings is 2. The number of carbonyl (C=O) groups is 1. The van der Waals surface area contributed by atoms with Crippen molar-refractivity contribution >= 4 is 22.6 Å². The lowest BCUT2D eigenvalue weighted by Gasteiger charge is -2.18. The molecule has 0 fully saturated rings. The van der Waals surface area contributed by atoms with Gasteiger partial charge in [-0.25, -0.2) is 4.98 Å². The summed E-state index contributed by atoms with van der Waals surface area (Å²) in [5, 5.41) is 0. The highest BCUT2D eigenvalue weighted by Gasteiger charge is 2.25. The largest absolute Gasteiger partial charge is 0.308 e. The van der Waals surface area contributed by atoms with Crippen LogP contribution in [0.5, 0.6) is 0 Å². The van der Waals surface area contributed by atoms with Gasteiger partial charge in [-0.1, -0.05) is 18.2 Å². The van der Waals surface area contributed by atoms with Gasteiger partial charge in [0.05, 0.1) is 11.0 Å². The fourth-order valence-electron chi connectivity index (χ4n) is 3.53. The third kappa shape index (κ3) is 2.43. The van der Waals surface area contributed by atoms with Crippen LogP contribution in [0.3, 0.4) is 0 Å². The van der Waals surface area contributed by atoms with E-state index in [9.17, 15) is 9.59 Å². The fourth-order valence-corrected chi connectivity index (χ4v) is 3.53. The van der Waals surface area contributed by atoms with Crippen LogP contribution in [0.4, 0.5) is 5.69 Å². The molecule has 2 heterocycles. The molecule has 0 radical (unpaired) electrons. The van der Waals surface area contributed by atoms with Gasteiger partial charge < -0.3 is 9.47 Å². The molecule has 0 spiro atoms. The Kier molecular flexibility index (Phi) is 3.64. The van der Waals surface area contributed by atoms with Gasteiger partial charge in [-0.05, 0) is 50.1 Å². The van der Waals surface area contributed by atoms with Gasteiger partial charge in [-0.2, -0.15) is 0 Å². The van der Waals surface area contributed by atoms with Crippen molar-refractivity contribution in [1.82, 2.24) is 9.55 Å². The number of hydrogen-bond donors (Lipinski definition) is 0. The van der Waals surface area contributed by atoms with Gasteiger partial charge in [-0.3, -0.25) is 9.59 Å². The fraction of sp³-hybridized carbons (Fsp3) is 0.250. The molecule has 0 unspecified atom stereocenters. The maximum atomic E-state index is 13.0. The van der Waals surface area contributed by atoms with Crippen LogP contribution >= 0.6 is 0 Å². The SMILES string of the molecule is CCn1c(=O)c(C)nc2cc(C(=O)N3CCc4ccccc43)ccc21. The van der Waals surface area contributed by atoms with Crippen LogP contribution in [-0.4, -0.2) is 22.0 Å². The summed E-state index contributed by atoms with van der Waals surface area (Å²) in [4.78, 5) is 31.4. The van der Waals surface area contributed by atoms with Gasteiger partial charge in [-0.15, -0.1) is 0 Å². The number of rotatable bonds is 2. The first-order chi connectivity index (χ1) is 12.1. The first-order valence-electron chi connectivity index (χ1n) is 8.51. The van der Waals surface area contributed by atoms with Crippen molar-refractivity contribution in [2.45, 2.75) is 26.8 Å². The zero-order valence-corrected chi connectivity index (χ0v) is 14.3. The molecule has 1 amide bonds. The molecule has 0 N–H and O–H groups in total. The summed E-state index contributed by atoms with van der Waals surface area (Å²) < 4.78 is 1.69. The Labute approximate surface area is 145 Å². The number of nitrogens with zero attached hydrogens (tertiary/aromatic N) is 3. The van der Waals surface area contributed by atoms with Crippen molar-refractivity contribution in [3.05, 3.63) is 69.6 Å². The number of anilines is 1. The highest BCUT2D eigenvalue weighted by Crippen LogP contribution is 2.29. The van der Waals surface area contributed by atoms with Gasteiger partial charge in [0.15, 0.2) is 0 Å². The zero-order valence-electron chi connectivity index (χ0n) is 14.3. The van der Waals surface area contributed by atoms with E-state index in [1.807, 2.05) is 36.1 Å². The lowest BCUT2D eigenvalue weighted by Crippen LogP contribution is -2.29. The first-order valence-corrected chi connectivity index (χ1v) is 8.51. The van der Waals surface area contributed by atoms with Gasteiger partial charge in [0.1, 0.15) is 5.69 Å². The van der Waals surface area contributed by atoms with Crippen molar-refractivity contribution < 1.29 is 4.79 Å². The molecule has 5 nitrogen and oxygen atoms in total. The highest BCUT2D eigenvalue weighted by atomic mass is 16.2. The van der Waals surface area contributed by atoms with Crippen LogP contribution < -0.4 is 10.5 Å². The molecule has 126 valence electrons. The number of amides is 1. The molecule has 25 heavy (non-hydrogen) atoms. The molecule has 1 aliphatic rings. The number of carbonyl (C=O) groups excluding carboxylic acids is 1. The quantitative estimate of drug-likeness (QED) is 0.724. The molecule has 3 aromatic rings. The van der Waals surface area contributed by atoms with E-state index in [0.717, 1.165) is 17.6 Å². The number of hydrogen-bond acceptors (Lipinski definition) is 3. The van der Waals surface area contributed by atoms with Crippen molar-refractivity contribution in [3.63, 3.8) is 0 Å². The first kappa shape index (κ1) is 15.6. The van der Waals surface area contributed by atoms with E-state index in [-0.39, 0.29) is 11.5 Å². The van der Waals surface area contributed by atoms with Crippen molar-refractivity contribution in [1.29, 1.82) is 0 Å². The summed E-state index contributed by atoms with van der Waals surface area (Å²) in [5.74, 6) is -0.0273. The molecule has 4 rings (SSSR count). The van der Waals surface area contributed by atoms with Gasteiger partial charge in [0.25, 0.3) is 11.5 Å². The summed E-state index contributed by atoms with van der Waals surface area (Å²) in [5.41, 5.74) is 4.58. The molecule has 5 heteroatoms.